The van der Waals surface area contributed by atoms with Crippen molar-refractivity contribution >= 4 is 45.7 Å². The lowest BCUT2D eigenvalue weighted by molar-refractivity contribution is 0.0298. The number of rotatable bonds is 11. The number of fused-ring (bicyclic) bond motifs is 1. The molecule has 2 aromatic carbocycles. The van der Waals surface area contributed by atoms with Crippen LogP contribution in [-0.2, 0) is 37.4 Å². The number of carbonyl (C=O) groups is 2. The first-order valence-electron chi connectivity index (χ1n) is 16.5. The van der Waals surface area contributed by atoms with Crippen LogP contribution in [0.2, 0.25) is 0 Å². The predicted molar refractivity (Wildman–Crippen MR) is 190 cm³/mol. The molecule has 2 amide bonds. The quantitative estimate of drug-likeness (QED) is 0.207. The largest absolute Gasteiger partial charge is 0.389 e. The number of aromatic nitrogens is 4. The monoisotopic (exact) mass is 742 g/mol. The van der Waals surface area contributed by atoms with Crippen LogP contribution in [-0.4, -0.2) is 102 Å². The summed E-state index contributed by atoms with van der Waals surface area (Å²) in [5.41, 5.74) is 3.01. The highest BCUT2D eigenvalue weighted by Crippen LogP contribution is 2.27. The molecule has 2 aliphatic rings. The lowest BCUT2D eigenvalue weighted by Crippen LogP contribution is -2.41. The molecule has 3 atom stereocenters. The number of amides is 2. The van der Waals surface area contributed by atoms with Gasteiger partial charge >= 0.3 is 11.3 Å². The molecule has 0 aliphatic carbocycles. The number of benzene rings is 2. The van der Waals surface area contributed by atoms with E-state index in [1.54, 1.807) is 46.4 Å². The van der Waals surface area contributed by atoms with Crippen molar-refractivity contribution in [3.8, 4) is 11.5 Å². The average Bonchev–Trinajstić information content (AvgIpc) is 3.72. The van der Waals surface area contributed by atoms with Crippen LogP contribution >= 0.6 is 0 Å². The van der Waals surface area contributed by atoms with Gasteiger partial charge in [0.1, 0.15) is 11.5 Å². The van der Waals surface area contributed by atoms with E-state index >= 15 is 0 Å². The van der Waals surface area contributed by atoms with Gasteiger partial charge in [0.2, 0.25) is 0 Å². The molecular weight excluding hydrogens is 701 g/mol. The molecule has 2 aromatic heterocycles. The number of aryl methyl sites for hydroxylation is 1. The van der Waals surface area contributed by atoms with Gasteiger partial charge in [0.15, 0.2) is 11.5 Å². The second-order valence-corrected chi connectivity index (χ2v) is 15.0. The Morgan fingerprint density at radius 3 is 2.06 bits per heavy atom. The molecule has 2 aliphatic heterocycles. The zero-order chi connectivity index (χ0) is 36.3. The third kappa shape index (κ3) is 8.75. The Morgan fingerprint density at radius 1 is 0.863 bits per heavy atom. The van der Waals surface area contributed by atoms with Crippen LogP contribution in [0.15, 0.2) is 42.5 Å². The number of anilines is 1. The maximum Gasteiger partial charge on any atom is 0.316 e. The van der Waals surface area contributed by atoms with Crippen LogP contribution in [0, 0.1) is 6.92 Å². The highest BCUT2D eigenvalue weighted by molar-refractivity contribution is 7.82. The van der Waals surface area contributed by atoms with E-state index < -0.39 is 28.6 Å². The van der Waals surface area contributed by atoms with Gasteiger partial charge in [-0.1, -0.05) is 26.8 Å². The zero-order valence-corrected chi connectivity index (χ0v) is 30.7. The molecule has 2 fully saturated rings. The molecule has 0 spiro atoms. The predicted octanol–water partition coefficient (Wildman–Crippen LogP) is 2.99. The summed E-state index contributed by atoms with van der Waals surface area (Å²) in [6, 6.07) is 10.8. The smallest absolute Gasteiger partial charge is 0.316 e. The third-order valence-corrected chi connectivity index (χ3v) is 10.0. The number of carbonyl (C=O) groups excluding carboxylic acids is 2. The fourth-order valence-electron chi connectivity index (χ4n) is 5.52. The standard InChI is InChI=1S/C33H42N8O8S2/c1-21-6-7-25(19-27(21)49-50(44)37-22(2)30-35-34-29-20-28(33(3,4)5)36-41(29)30)38-51(45)48-26-17-23(31(42)39-8-12-46-13-9-39)16-24(18-26)32(43)40-10-14-47-15-11-40/h6-7,16-20,22,36-38H,8-15H2,1-5H3. The van der Waals surface area contributed by atoms with E-state index in [-0.39, 0.29) is 39.9 Å². The van der Waals surface area contributed by atoms with E-state index in [4.69, 9.17) is 17.8 Å². The van der Waals surface area contributed by atoms with Crippen LogP contribution in [0.3, 0.4) is 0 Å². The molecule has 4 aromatic rings. The maximum absolute atomic E-state index is 13.4. The van der Waals surface area contributed by atoms with Gasteiger partial charge in [0.25, 0.3) is 23.1 Å². The number of nitrogens with zero attached hydrogens (tertiary/aromatic N) is 5. The van der Waals surface area contributed by atoms with Crippen molar-refractivity contribution in [1.82, 2.24) is 34.3 Å². The van der Waals surface area contributed by atoms with Gasteiger partial charge in [-0.3, -0.25) is 19.4 Å². The third-order valence-electron chi connectivity index (χ3n) is 8.41. The number of hydrogen-bond acceptors (Lipinski definition) is 10. The molecule has 274 valence electrons. The highest BCUT2D eigenvalue weighted by atomic mass is 32.2. The van der Waals surface area contributed by atoms with Crippen LogP contribution in [0.25, 0.3) is 5.65 Å². The van der Waals surface area contributed by atoms with Gasteiger partial charge in [0.05, 0.1) is 38.2 Å². The average molecular weight is 743 g/mol. The van der Waals surface area contributed by atoms with Gasteiger partial charge in [0, 0.05) is 60.5 Å². The highest BCUT2D eigenvalue weighted by Gasteiger charge is 2.26. The fourth-order valence-corrected chi connectivity index (χ4v) is 6.93. The molecule has 18 heteroatoms. The van der Waals surface area contributed by atoms with Crippen molar-refractivity contribution in [2.75, 3.05) is 57.3 Å². The molecule has 0 radical (unpaired) electrons. The maximum atomic E-state index is 13.4. The minimum Gasteiger partial charge on any atom is -0.389 e. The van der Waals surface area contributed by atoms with E-state index in [2.05, 4.69) is 45.5 Å². The zero-order valence-electron chi connectivity index (χ0n) is 29.1. The Labute approximate surface area is 300 Å². The Hall–Kier alpha value is -4.36. The lowest BCUT2D eigenvalue weighted by Gasteiger charge is -2.28. The van der Waals surface area contributed by atoms with Crippen molar-refractivity contribution in [2.45, 2.75) is 46.1 Å². The fraction of sp³-hybridized carbons (Fsp3) is 0.455. The Morgan fingerprint density at radius 2 is 1.47 bits per heavy atom. The van der Waals surface area contributed by atoms with Crippen LogP contribution in [0.1, 0.15) is 71.5 Å². The molecule has 51 heavy (non-hydrogen) atoms. The van der Waals surface area contributed by atoms with Crippen LogP contribution < -0.4 is 17.8 Å². The van der Waals surface area contributed by atoms with E-state index in [0.717, 1.165) is 5.69 Å². The topological polar surface area (TPSA) is 182 Å². The van der Waals surface area contributed by atoms with Crippen LogP contribution in [0.4, 0.5) is 5.69 Å². The van der Waals surface area contributed by atoms with E-state index in [9.17, 15) is 18.0 Å². The van der Waals surface area contributed by atoms with Crippen molar-refractivity contribution in [3.05, 3.63) is 70.7 Å². The molecule has 4 heterocycles. The first-order chi connectivity index (χ1) is 24.4. The number of morpholine rings is 2. The second-order valence-electron chi connectivity index (χ2n) is 13.3. The van der Waals surface area contributed by atoms with Gasteiger partial charge < -0.3 is 27.6 Å². The molecular formula is C33H42N8O8S2. The van der Waals surface area contributed by atoms with Crippen molar-refractivity contribution in [3.63, 3.8) is 0 Å². The number of aromatic amines is 1. The molecule has 16 nitrogen and oxygen atoms in total. The minimum absolute atomic E-state index is 0.0682. The summed E-state index contributed by atoms with van der Waals surface area (Å²) >= 11 is -4.15. The lowest BCUT2D eigenvalue weighted by atomic mass is 9.93. The van der Waals surface area contributed by atoms with E-state index in [0.29, 0.717) is 75.3 Å². The van der Waals surface area contributed by atoms with Gasteiger partial charge in [-0.15, -0.1) is 10.2 Å². The number of ether oxygens (including phenoxy) is 2. The van der Waals surface area contributed by atoms with Gasteiger partial charge in [-0.05, 0) is 43.7 Å². The second kappa shape index (κ2) is 15.5. The molecule has 2 saturated heterocycles. The van der Waals surface area contributed by atoms with Gasteiger partial charge in [-0.2, -0.15) is 13.1 Å². The minimum atomic E-state index is -2.16. The van der Waals surface area contributed by atoms with Crippen LogP contribution in [0.5, 0.6) is 11.5 Å². The Balaban J connectivity index is 1.13. The SMILES string of the molecule is Cc1ccc(NS(=O)Oc2cc(C(=O)N3CCOCC3)cc(C(=O)N3CCOCC3)c2)cc1OS(=O)NC(C)c1nnc2cc(C(C)(C)C)[nH]n12. The number of nitrogens with one attached hydrogen (secondary N) is 3. The Bertz CT molecular complexity index is 1900. The van der Waals surface area contributed by atoms with E-state index in [1.807, 2.05) is 6.07 Å². The summed E-state index contributed by atoms with van der Waals surface area (Å²) in [5, 5.41) is 11.8. The molecule has 0 bridgehead atoms. The number of hydrogen-bond donors (Lipinski definition) is 3. The number of H-pyrrole nitrogens is 1. The van der Waals surface area contributed by atoms with E-state index in [1.165, 1.54) is 18.2 Å². The summed E-state index contributed by atoms with van der Waals surface area (Å²) in [7, 11) is 0. The summed E-state index contributed by atoms with van der Waals surface area (Å²) in [4.78, 5) is 30.1. The molecule has 6 rings (SSSR count). The van der Waals surface area contributed by atoms with Gasteiger partial charge in [-0.25, -0.2) is 4.52 Å². The normalized spacial score (nSPS) is 17.2. The summed E-state index contributed by atoms with van der Waals surface area (Å²) < 4.78 is 55.9. The summed E-state index contributed by atoms with van der Waals surface area (Å²) in [6.07, 6.45) is 0. The summed E-state index contributed by atoms with van der Waals surface area (Å²) in [5.74, 6) is 0.297. The first-order valence-corrected chi connectivity index (χ1v) is 18.7. The first kappa shape index (κ1) is 36.4. The molecule has 3 N–H and O–H groups in total. The summed E-state index contributed by atoms with van der Waals surface area (Å²) in [6.45, 7) is 13.1. The van der Waals surface area contributed by atoms with Crippen molar-refractivity contribution in [1.29, 1.82) is 0 Å². The van der Waals surface area contributed by atoms with Crippen molar-refractivity contribution < 1.29 is 35.8 Å². The van der Waals surface area contributed by atoms with Crippen molar-refractivity contribution in [2.24, 2.45) is 0 Å². The Kier molecular flexibility index (Phi) is 11.1. The molecule has 0 saturated carbocycles. The molecule has 3 unspecified atom stereocenters.